The standard InChI is InChI=1S/C29H29N5O4/c1-18-13-21-15-25(37-4)26(38-5)16-22(21)27(20-11-12-23(35-2)24(14-20)36-3)34(18)29-31-28(32-33-29)30-17-19-9-7-6-8-10-19/h6-16H,17H2,1-5H3,(H-,30,31,32,33). The van der Waals surface area contributed by atoms with Crippen LogP contribution in [0, 0.1) is 6.92 Å². The van der Waals surface area contributed by atoms with Gasteiger partial charge in [0.05, 0.1) is 40.1 Å². The zero-order chi connectivity index (χ0) is 26.6. The van der Waals surface area contributed by atoms with Gasteiger partial charge in [-0.1, -0.05) is 35.4 Å². The third kappa shape index (κ3) is 4.66. The zero-order valence-electron chi connectivity index (χ0n) is 22.0. The summed E-state index contributed by atoms with van der Waals surface area (Å²) in [5, 5.41) is 14.0. The number of methoxy groups -OCH3 is 4. The molecule has 0 atom stereocenters. The summed E-state index contributed by atoms with van der Waals surface area (Å²) in [6.07, 6.45) is 0. The first-order valence-electron chi connectivity index (χ1n) is 12.0. The summed E-state index contributed by atoms with van der Waals surface area (Å²) in [5.74, 6) is 3.43. The minimum Gasteiger partial charge on any atom is -0.493 e. The number of aromatic amines is 1. The van der Waals surface area contributed by atoms with Gasteiger partial charge in [-0.2, -0.15) is 0 Å². The quantitative estimate of drug-likeness (QED) is 0.264. The molecule has 9 heteroatoms. The highest BCUT2D eigenvalue weighted by Gasteiger charge is 2.22. The van der Waals surface area contributed by atoms with Gasteiger partial charge in [-0.25, -0.2) is 4.57 Å². The summed E-state index contributed by atoms with van der Waals surface area (Å²) in [4.78, 5) is 4.72. The molecule has 1 N–H and O–H groups in total. The summed E-state index contributed by atoms with van der Waals surface area (Å²) in [5.41, 5.74) is 3.75. The molecule has 9 nitrogen and oxygen atoms in total. The number of rotatable bonds is 9. The Morgan fingerprint density at radius 3 is 2.18 bits per heavy atom. The van der Waals surface area contributed by atoms with Gasteiger partial charge >= 0.3 is 5.95 Å². The van der Waals surface area contributed by atoms with Crippen LogP contribution >= 0.6 is 0 Å². The first kappa shape index (κ1) is 24.9. The fourth-order valence-corrected chi connectivity index (χ4v) is 4.50. The number of aryl methyl sites for hydroxylation is 1. The lowest BCUT2D eigenvalue weighted by Crippen LogP contribution is -2.38. The molecule has 5 rings (SSSR count). The number of pyridine rings is 1. The Hall–Kier alpha value is -4.79. The molecule has 0 aliphatic rings. The Balaban J connectivity index is 1.69. The molecule has 0 aliphatic heterocycles. The molecule has 0 fully saturated rings. The van der Waals surface area contributed by atoms with Crippen molar-refractivity contribution in [2.45, 2.75) is 13.5 Å². The molecule has 2 aromatic heterocycles. The normalized spacial score (nSPS) is 10.9. The second kappa shape index (κ2) is 10.7. The number of hydrogen-bond acceptors (Lipinski definition) is 6. The largest absolute Gasteiger partial charge is 0.493 e. The van der Waals surface area contributed by atoms with Crippen LogP contribution in [0.2, 0.25) is 0 Å². The van der Waals surface area contributed by atoms with Crippen molar-refractivity contribution in [2.75, 3.05) is 28.4 Å². The van der Waals surface area contributed by atoms with Crippen LogP contribution in [0.25, 0.3) is 33.3 Å². The Bertz CT molecular complexity index is 1580. The predicted octanol–water partition coefficient (Wildman–Crippen LogP) is 5.45. The van der Waals surface area contributed by atoms with E-state index in [0.717, 1.165) is 33.3 Å². The smallest absolute Gasteiger partial charge is 0.305 e. The average Bonchev–Trinajstić information content (AvgIpc) is 3.43. The van der Waals surface area contributed by atoms with Gasteiger partial charge in [-0.3, -0.25) is 10.1 Å². The summed E-state index contributed by atoms with van der Waals surface area (Å²) >= 11 is 0. The number of aromatic nitrogens is 4. The minimum atomic E-state index is 0.446. The predicted molar refractivity (Wildman–Crippen MR) is 145 cm³/mol. The summed E-state index contributed by atoms with van der Waals surface area (Å²) in [6.45, 7) is 2.51. The van der Waals surface area contributed by atoms with E-state index in [1.165, 1.54) is 0 Å². The maximum atomic E-state index is 5.64. The molecule has 0 spiro atoms. The first-order chi connectivity index (χ1) is 18.6. The Labute approximate surface area is 221 Å². The third-order valence-electron chi connectivity index (χ3n) is 6.32. The highest BCUT2D eigenvalue weighted by Crippen LogP contribution is 2.39. The van der Waals surface area contributed by atoms with E-state index in [-0.39, 0.29) is 0 Å². The van der Waals surface area contributed by atoms with Gasteiger partial charge in [-0.05, 0) is 54.3 Å². The van der Waals surface area contributed by atoms with Crippen molar-refractivity contribution < 1.29 is 23.5 Å². The molecule has 5 aromatic rings. The van der Waals surface area contributed by atoms with Crippen molar-refractivity contribution >= 4 is 16.7 Å². The Morgan fingerprint density at radius 2 is 1.47 bits per heavy atom. The number of ether oxygens (including phenoxy) is 4. The minimum absolute atomic E-state index is 0.446. The van der Waals surface area contributed by atoms with Crippen LogP contribution < -0.4 is 23.5 Å². The Morgan fingerprint density at radius 1 is 0.789 bits per heavy atom. The number of hydrogen-bond donors (Lipinski definition) is 1. The molecule has 0 bridgehead atoms. The molecule has 0 amide bonds. The third-order valence-corrected chi connectivity index (χ3v) is 6.32. The fraction of sp³-hybridized carbons (Fsp3) is 0.207. The number of nitrogens with zero attached hydrogens (tertiary/aromatic N) is 4. The van der Waals surface area contributed by atoms with Crippen molar-refractivity contribution in [2.24, 2.45) is 0 Å². The van der Waals surface area contributed by atoms with Crippen LogP contribution in [0.1, 0.15) is 11.3 Å². The lowest BCUT2D eigenvalue weighted by molar-refractivity contribution is -0.597. The maximum absolute atomic E-state index is 5.64. The molecule has 0 radical (unpaired) electrons. The van der Waals surface area contributed by atoms with Crippen LogP contribution in [0.4, 0.5) is 5.95 Å². The van der Waals surface area contributed by atoms with E-state index in [4.69, 9.17) is 23.9 Å². The van der Waals surface area contributed by atoms with Crippen molar-refractivity contribution in [3.63, 3.8) is 0 Å². The van der Waals surface area contributed by atoms with Gasteiger partial charge in [0.1, 0.15) is 5.69 Å². The van der Waals surface area contributed by atoms with E-state index in [9.17, 15) is 0 Å². The number of fused-ring (bicyclic) bond motifs is 1. The van der Waals surface area contributed by atoms with Crippen LogP contribution in [-0.2, 0) is 6.54 Å². The van der Waals surface area contributed by atoms with E-state index in [1.54, 1.807) is 28.4 Å². The van der Waals surface area contributed by atoms with E-state index < -0.39 is 0 Å². The van der Waals surface area contributed by atoms with E-state index in [1.807, 2.05) is 72.2 Å². The van der Waals surface area contributed by atoms with Gasteiger partial charge in [0.15, 0.2) is 23.0 Å². The van der Waals surface area contributed by atoms with Crippen LogP contribution in [0.15, 0.2) is 66.7 Å². The summed E-state index contributed by atoms with van der Waals surface area (Å²) in [7, 11) is 6.49. The first-order valence-corrected chi connectivity index (χ1v) is 12.0. The second-order valence-electron chi connectivity index (χ2n) is 8.59. The van der Waals surface area contributed by atoms with E-state index in [0.29, 0.717) is 41.4 Å². The van der Waals surface area contributed by atoms with E-state index in [2.05, 4.69) is 21.6 Å². The van der Waals surface area contributed by atoms with Gasteiger partial charge in [0, 0.05) is 17.5 Å². The van der Waals surface area contributed by atoms with Gasteiger partial charge in [-0.15, -0.1) is 0 Å². The molecular formula is C29H29N5O4. The highest BCUT2D eigenvalue weighted by atomic mass is 16.5. The van der Waals surface area contributed by atoms with Gasteiger partial charge in [0.2, 0.25) is 0 Å². The maximum Gasteiger partial charge on any atom is 0.305 e. The van der Waals surface area contributed by atoms with Crippen LogP contribution in [-0.4, -0.2) is 43.6 Å². The molecule has 3 aromatic carbocycles. The second-order valence-corrected chi connectivity index (χ2v) is 8.59. The number of H-pyrrole nitrogens is 1. The zero-order valence-corrected chi connectivity index (χ0v) is 22.0. The average molecular weight is 512 g/mol. The van der Waals surface area contributed by atoms with Gasteiger partial charge in [0.25, 0.3) is 0 Å². The molecule has 0 saturated carbocycles. The van der Waals surface area contributed by atoms with Crippen LogP contribution in [0.3, 0.4) is 0 Å². The summed E-state index contributed by atoms with van der Waals surface area (Å²) < 4.78 is 24.3. The van der Waals surface area contributed by atoms with Crippen molar-refractivity contribution in [3.8, 4) is 40.2 Å². The van der Waals surface area contributed by atoms with Crippen molar-refractivity contribution in [3.05, 3.63) is 83.3 Å². The highest BCUT2D eigenvalue weighted by molar-refractivity contribution is 5.96. The summed E-state index contributed by atoms with van der Waals surface area (Å²) in [6, 6.07) is 21.8. The van der Waals surface area contributed by atoms with Gasteiger partial charge < -0.3 is 24.3 Å². The molecule has 0 unspecified atom stereocenters. The monoisotopic (exact) mass is 511 g/mol. The fourth-order valence-electron chi connectivity index (χ4n) is 4.50. The SMILES string of the molecule is COc1ccc(-c2c3cc(OC)c(OC)cc3cc(C)[n+]2-c2n[nH]c([N-]Cc3ccccc3)n2)cc1OC. The lowest BCUT2D eigenvalue weighted by atomic mass is 10.0. The topological polar surface area (TPSA) is 96.5 Å². The lowest BCUT2D eigenvalue weighted by Gasteiger charge is -2.18. The van der Waals surface area contributed by atoms with E-state index >= 15 is 0 Å². The molecule has 2 heterocycles. The number of benzene rings is 3. The Kier molecular flexibility index (Phi) is 6.99. The van der Waals surface area contributed by atoms with Crippen molar-refractivity contribution in [1.82, 2.24) is 15.2 Å². The molecule has 0 aliphatic carbocycles. The molecule has 194 valence electrons. The molecular weight excluding hydrogens is 482 g/mol. The number of nitrogens with one attached hydrogen (secondary N) is 1. The van der Waals surface area contributed by atoms with Crippen LogP contribution in [0.5, 0.6) is 23.0 Å². The molecule has 0 saturated heterocycles. The molecule has 38 heavy (non-hydrogen) atoms. The van der Waals surface area contributed by atoms with Crippen molar-refractivity contribution in [1.29, 1.82) is 0 Å².